The van der Waals surface area contributed by atoms with Gasteiger partial charge in [-0.15, -0.1) is 0 Å². The van der Waals surface area contributed by atoms with E-state index in [1.54, 1.807) is 24.8 Å². The third-order valence-electron chi connectivity index (χ3n) is 5.82. The van der Waals surface area contributed by atoms with Gasteiger partial charge in [-0.25, -0.2) is 4.98 Å². The molecule has 1 fully saturated rings. The van der Waals surface area contributed by atoms with Crippen LogP contribution in [0.5, 0.6) is 0 Å². The van der Waals surface area contributed by atoms with Gasteiger partial charge in [-0.2, -0.15) is 0 Å². The minimum Gasteiger partial charge on any atom is -0.368 e. The number of anilines is 2. The molecule has 1 N–H and O–H groups in total. The summed E-state index contributed by atoms with van der Waals surface area (Å²) in [7, 11) is 0. The van der Waals surface area contributed by atoms with Gasteiger partial charge in [-0.05, 0) is 19.1 Å². The topological polar surface area (TPSA) is 78.7 Å². The van der Waals surface area contributed by atoms with Crippen LogP contribution in [0, 0.1) is 0 Å². The van der Waals surface area contributed by atoms with Gasteiger partial charge in [0, 0.05) is 62.2 Å². The first-order valence-electron chi connectivity index (χ1n) is 10.8. The number of benzene rings is 1. The number of piperazine rings is 1. The van der Waals surface area contributed by atoms with Gasteiger partial charge in [0.15, 0.2) is 5.65 Å². The molecule has 1 aromatic carbocycles. The Balaban J connectivity index is 1.33. The molecule has 1 unspecified atom stereocenters. The van der Waals surface area contributed by atoms with Crippen LogP contribution in [0.15, 0.2) is 73.4 Å². The Bertz CT molecular complexity index is 1200. The van der Waals surface area contributed by atoms with Crippen molar-refractivity contribution in [1.29, 1.82) is 0 Å². The van der Waals surface area contributed by atoms with Crippen molar-refractivity contribution in [3.05, 3.63) is 73.4 Å². The fraction of sp³-hybridized carbons (Fsp3) is 0.250. The standard InChI is InChI=1S/C24H25N7O/c1-18(24(32)30-15-13-29(14-16-30)20-7-9-25-10-8-20)27-23-22(19-5-3-2-4-6-19)28-21-17-26-11-12-31(21)23/h2-12,17-18,27H,13-16H2,1H3. The molecule has 4 aromatic rings. The minimum atomic E-state index is -0.391. The molecule has 0 saturated carbocycles. The van der Waals surface area contributed by atoms with E-state index < -0.39 is 6.04 Å². The first-order valence-corrected chi connectivity index (χ1v) is 10.8. The highest BCUT2D eigenvalue weighted by Crippen LogP contribution is 2.29. The van der Waals surface area contributed by atoms with Crippen LogP contribution in [0.25, 0.3) is 16.9 Å². The van der Waals surface area contributed by atoms with E-state index in [0.717, 1.165) is 41.5 Å². The van der Waals surface area contributed by atoms with Crippen LogP contribution in [0.2, 0.25) is 0 Å². The lowest BCUT2D eigenvalue weighted by atomic mass is 10.1. The van der Waals surface area contributed by atoms with Crippen LogP contribution in [0.1, 0.15) is 6.92 Å². The average Bonchev–Trinajstić information content (AvgIpc) is 3.23. The van der Waals surface area contributed by atoms with E-state index in [9.17, 15) is 4.79 Å². The molecule has 0 aliphatic carbocycles. The van der Waals surface area contributed by atoms with Crippen molar-refractivity contribution in [2.75, 3.05) is 36.4 Å². The molecule has 0 bridgehead atoms. The zero-order valence-electron chi connectivity index (χ0n) is 17.9. The second-order valence-electron chi connectivity index (χ2n) is 7.86. The third-order valence-corrected chi connectivity index (χ3v) is 5.82. The number of hydrogen-bond acceptors (Lipinski definition) is 6. The molecule has 1 saturated heterocycles. The second kappa shape index (κ2) is 8.66. The van der Waals surface area contributed by atoms with Gasteiger partial charge in [0.1, 0.15) is 17.6 Å². The number of nitrogens with zero attached hydrogens (tertiary/aromatic N) is 6. The number of hydrogen-bond donors (Lipinski definition) is 1. The maximum Gasteiger partial charge on any atom is 0.244 e. The quantitative estimate of drug-likeness (QED) is 0.528. The summed E-state index contributed by atoms with van der Waals surface area (Å²) in [5, 5.41) is 3.43. The van der Waals surface area contributed by atoms with Crippen molar-refractivity contribution in [1.82, 2.24) is 24.3 Å². The van der Waals surface area contributed by atoms with E-state index in [2.05, 4.69) is 20.2 Å². The molecular formula is C24H25N7O. The summed E-state index contributed by atoms with van der Waals surface area (Å²) in [5.74, 6) is 0.882. The number of rotatable bonds is 5. The van der Waals surface area contributed by atoms with Crippen molar-refractivity contribution in [2.24, 2.45) is 0 Å². The lowest BCUT2D eigenvalue weighted by molar-refractivity contribution is -0.131. The van der Waals surface area contributed by atoms with Crippen LogP contribution in [0.3, 0.4) is 0 Å². The molecule has 1 aliphatic rings. The molecule has 1 atom stereocenters. The van der Waals surface area contributed by atoms with Crippen LogP contribution >= 0.6 is 0 Å². The highest BCUT2D eigenvalue weighted by molar-refractivity contribution is 5.86. The molecule has 4 heterocycles. The third kappa shape index (κ3) is 3.87. The highest BCUT2D eigenvalue weighted by Gasteiger charge is 2.26. The number of amides is 1. The molecule has 1 amide bonds. The van der Waals surface area contributed by atoms with Gasteiger partial charge in [-0.1, -0.05) is 30.3 Å². The highest BCUT2D eigenvalue weighted by atomic mass is 16.2. The Morgan fingerprint density at radius 3 is 2.47 bits per heavy atom. The van der Waals surface area contributed by atoms with Gasteiger partial charge in [-0.3, -0.25) is 19.2 Å². The van der Waals surface area contributed by atoms with E-state index in [1.807, 2.05) is 64.9 Å². The summed E-state index contributed by atoms with van der Waals surface area (Å²) in [6.07, 6.45) is 8.91. The lowest BCUT2D eigenvalue weighted by Gasteiger charge is -2.37. The molecule has 0 radical (unpaired) electrons. The molecule has 8 nitrogen and oxygen atoms in total. The molecule has 162 valence electrons. The van der Waals surface area contributed by atoms with Gasteiger partial charge in [0.2, 0.25) is 5.91 Å². The number of pyridine rings is 1. The predicted octanol–water partition coefficient (Wildman–Crippen LogP) is 2.94. The predicted molar refractivity (Wildman–Crippen MR) is 125 cm³/mol. The van der Waals surface area contributed by atoms with Crippen molar-refractivity contribution in [2.45, 2.75) is 13.0 Å². The monoisotopic (exact) mass is 427 g/mol. The van der Waals surface area contributed by atoms with E-state index in [4.69, 9.17) is 4.98 Å². The number of aromatic nitrogens is 4. The normalized spacial score (nSPS) is 15.0. The molecule has 1 aliphatic heterocycles. The van der Waals surface area contributed by atoms with E-state index in [0.29, 0.717) is 13.1 Å². The Kier molecular flexibility index (Phi) is 5.41. The summed E-state index contributed by atoms with van der Waals surface area (Å²) in [6, 6.07) is 13.6. The molecule has 8 heteroatoms. The maximum absolute atomic E-state index is 13.2. The summed E-state index contributed by atoms with van der Waals surface area (Å²) >= 11 is 0. The van der Waals surface area contributed by atoms with Gasteiger partial charge in [0.25, 0.3) is 0 Å². The van der Waals surface area contributed by atoms with Crippen molar-refractivity contribution in [3.8, 4) is 11.3 Å². The van der Waals surface area contributed by atoms with E-state index >= 15 is 0 Å². The number of carbonyl (C=O) groups is 1. The smallest absolute Gasteiger partial charge is 0.244 e. The number of carbonyl (C=O) groups excluding carboxylic acids is 1. The van der Waals surface area contributed by atoms with Crippen molar-refractivity contribution >= 4 is 23.1 Å². The van der Waals surface area contributed by atoms with Crippen LogP contribution in [0.4, 0.5) is 11.5 Å². The van der Waals surface area contributed by atoms with E-state index in [1.165, 1.54) is 0 Å². The average molecular weight is 428 g/mol. The molecule has 3 aromatic heterocycles. The Labute approximate surface area is 186 Å². The van der Waals surface area contributed by atoms with Gasteiger partial charge in [0.05, 0.1) is 6.20 Å². The summed E-state index contributed by atoms with van der Waals surface area (Å²) in [5.41, 5.74) is 3.68. The molecule has 32 heavy (non-hydrogen) atoms. The maximum atomic E-state index is 13.2. The van der Waals surface area contributed by atoms with Crippen molar-refractivity contribution < 1.29 is 4.79 Å². The number of imidazole rings is 1. The zero-order valence-corrected chi connectivity index (χ0v) is 17.9. The van der Waals surface area contributed by atoms with Crippen LogP contribution in [-0.4, -0.2) is 62.4 Å². The van der Waals surface area contributed by atoms with Gasteiger partial charge < -0.3 is 15.1 Å². The van der Waals surface area contributed by atoms with Crippen LogP contribution < -0.4 is 10.2 Å². The Morgan fingerprint density at radius 2 is 1.72 bits per heavy atom. The summed E-state index contributed by atoms with van der Waals surface area (Å²) in [6.45, 7) is 4.90. The number of nitrogens with one attached hydrogen (secondary N) is 1. The fourth-order valence-corrected chi connectivity index (χ4v) is 4.12. The second-order valence-corrected chi connectivity index (χ2v) is 7.86. The molecule has 5 rings (SSSR count). The Morgan fingerprint density at radius 1 is 0.969 bits per heavy atom. The minimum absolute atomic E-state index is 0.0856. The largest absolute Gasteiger partial charge is 0.368 e. The first kappa shape index (κ1) is 20.0. The number of fused-ring (bicyclic) bond motifs is 1. The fourth-order valence-electron chi connectivity index (χ4n) is 4.12. The van der Waals surface area contributed by atoms with Gasteiger partial charge >= 0.3 is 0 Å². The van der Waals surface area contributed by atoms with Crippen molar-refractivity contribution in [3.63, 3.8) is 0 Å². The zero-order chi connectivity index (χ0) is 21.9. The van der Waals surface area contributed by atoms with E-state index in [-0.39, 0.29) is 5.91 Å². The SMILES string of the molecule is CC(Nc1c(-c2ccccc2)nc2cnccn12)C(=O)N1CCN(c2ccncc2)CC1. The first-order chi connectivity index (χ1) is 15.7. The Hall–Kier alpha value is -3.94. The summed E-state index contributed by atoms with van der Waals surface area (Å²) in [4.78, 5) is 30.5. The molecular weight excluding hydrogens is 402 g/mol. The van der Waals surface area contributed by atoms with Crippen LogP contribution in [-0.2, 0) is 4.79 Å². The lowest BCUT2D eigenvalue weighted by Crippen LogP contribution is -2.52. The molecule has 0 spiro atoms. The summed E-state index contributed by atoms with van der Waals surface area (Å²) < 4.78 is 1.94.